The van der Waals surface area contributed by atoms with Crippen LogP contribution in [0.2, 0.25) is 0 Å². The second kappa shape index (κ2) is 41.3. The minimum atomic E-state index is -5.54. The van der Waals surface area contributed by atoms with Crippen LogP contribution < -0.4 is 11.5 Å². The number of aromatic nitrogens is 8. The number of hydrogen-bond donors (Lipinski definition) is 15. The van der Waals surface area contributed by atoms with Crippen LogP contribution in [-0.2, 0) is 101 Å². The Morgan fingerprint density at radius 2 is 0.934 bits per heavy atom. The van der Waals surface area contributed by atoms with Gasteiger partial charge >= 0.3 is 46.9 Å². The maximum absolute atomic E-state index is 12.7. The van der Waals surface area contributed by atoms with E-state index in [2.05, 4.69) is 66.8 Å². The Kier molecular flexibility index (Phi) is 36.6. The maximum Gasteiger partial charge on any atom is 0.481 e. The van der Waals surface area contributed by atoms with Crippen molar-refractivity contribution in [2.75, 3.05) is 55.2 Å². The molecule has 2 aliphatic rings. The fraction of sp³-hybridized carbons (Fsp3) is 0.667. The molecule has 0 saturated carbocycles. The lowest BCUT2D eigenvalue weighted by Crippen LogP contribution is -2.39. The van der Waals surface area contributed by atoms with Crippen molar-refractivity contribution < 1.29 is 161 Å². The van der Waals surface area contributed by atoms with Gasteiger partial charge in [0.1, 0.15) is 89.9 Å². The summed E-state index contributed by atoms with van der Waals surface area (Å²) in [5, 5.41) is 42.8. The summed E-state index contributed by atoms with van der Waals surface area (Å²) in [6.07, 6.45) is -9.18. The van der Waals surface area contributed by atoms with Crippen molar-refractivity contribution in [3.63, 3.8) is 0 Å². The predicted octanol–water partition coefficient (Wildman–Crippen LogP) is 3.15. The molecule has 0 aromatic carbocycles. The lowest BCUT2D eigenvalue weighted by molar-refractivity contribution is -0.135. The number of aliphatic hydroxyl groups excluding tert-OH is 4. The lowest BCUT2D eigenvalue weighted by Gasteiger charge is -2.30. The Hall–Kier alpha value is -4.34. The number of hydrogen-bond acceptors (Lipinski definition) is 36. The molecule has 0 bridgehead atoms. The SMILES string of the molecule is C=CC(C)=O.CC(=O)CCSCCCC(=O)CCCC(=O)[C@H](O)C(C)(C)COP(=O)(O)OP(=O)(O)OC[C@H]1O[C@@H](n2cnc3c(N)ncnc32)[C@H](O)[C@@H]1OP(=O)(O)O.CC(C)(COP(=O)(O)OP(=O)(O)OC[C@H]1O[C@@H](n2cnc3c(N)ncnc32)[C@H](O)[C@@H]1OP(=O)(O)O)[C@@H](O)C(=O)CCCC(=O)CCCS. The van der Waals surface area contributed by atoms with E-state index in [1.54, 1.807) is 11.8 Å². The number of carbonyl (C=O) groups excluding carboxylic acids is 6. The van der Waals surface area contributed by atoms with Crippen LogP contribution >= 0.6 is 71.3 Å². The summed E-state index contributed by atoms with van der Waals surface area (Å²) < 4.78 is 124. The smallest absolute Gasteiger partial charge is 0.386 e. The largest absolute Gasteiger partial charge is 0.481 e. The number of ketones is 6. The van der Waals surface area contributed by atoms with Crippen molar-refractivity contribution in [1.29, 1.82) is 0 Å². The number of nitrogens with zero attached hydrogens (tertiary/aromatic N) is 8. The molecule has 0 radical (unpaired) electrons. The molecule has 4 aromatic rings. The number of anilines is 2. The third kappa shape index (κ3) is 31.1. The van der Waals surface area contributed by atoms with Gasteiger partial charge in [-0.15, -0.1) is 0 Å². The van der Waals surface area contributed by atoms with Gasteiger partial charge in [-0.3, -0.25) is 65.0 Å². The highest BCUT2D eigenvalue weighted by molar-refractivity contribution is 7.99. The number of nitrogens with two attached hydrogens (primary N) is 2. The quantitative estimate of drug-likeness (QED) is 0.0131. The number of thiol groups is 1. The number of ether oxygens (including phenoxy) is 2. The maximum atomic E-state index is 12.7. The number of nitrogen functional groups attached to an aromatic ring is 2. The summed E-state index contributed by atoms with van der Waals surface area (Å²) in [7, 11) is -32.5. The van der Waals surface area contributed by atoms with E-state index < -0.39 is 157 Å². The number of thioether (sulfide) groups is 1. The molecule has 44 nitrogen and oxygen atoms in total. The van der Waals surface area contributed by atoms with E-state index >= 15 is 0 Å². The topological polar surface area (TPSA) is 679 Å². The summed E-state index contributed by atoms with van der Waals surface area (Å²) in [6.45, 7) is 7.58. The third-order valence-electron chi connectivity index (χ3n) is 15.0. The van der Waals surface area contributed by atoms with E-state index in [0.29, 0.717) is 49.4 Å². The zero-order chi connectivity index (χ0) is 80.1. The number of Topliss-reactive ketones (excluding diaryl/α,β-unsaturated/α-hetero) is 5. The molecule has 106 heavy (non-hydrogen) atoms. The Bertz CT molecular complexity index is 3980. The van der Waals surface area contributed by atoms with E-state index in [1.807, 2.05) is 0 Å². The zero-order valence-corrected chi connectivity index (χ0v) is 64.8. The Balaban J connectivity index is 0.000000423. The minimum Gasteiger partial charge on any atom is -0.386 e. The number of aliphatic hydroxyl groups is 4. The van der Waals surface area contributed by atoms with Crippen LogP contribution in [-0.4, -0.2) is 226 Å². The molecule has 4 unspecified atom stereocenters. The Morgan fingerprint density at radius 1 is 0.575 bits per heavy atom. The van der Waals surface area contributed by atoms with Crippen molar-refractivity contribution in [3.8, 4) is 0 Å². The van der Waals surface area contributed by atoms with Gasteiger partial charge < -0.3 is 80.5 Å². The predicted molar refractivity (Wildman–Crippen MR) is 372 cm³/mol. The molecule has 0 spiro atoms. The van der Waals surface area contributed by atoms with E-state index in [-0.39, 0.29) is 95.6 Å². The minimum absolute atomic E-state index is 0.0185. The van der Waals surface area contributed by atoms with Crippen LogP contribution in [0.25, 0.3) is 22.3 Å². The molecule has 6 heterocycles. The Morgan fingerprint density at radius 3 is 1.28 bits per heavy atom. The van der Waals surface area contributed by atoms with E-state index in [0.717, 1.165) is 34.4 Å². The fourth-order valence-electron chi connectivity index (χ4n) is 9.48. The zero-order valence-electron chi connectivity index (χ0n) is 57.7. The van der Waals surface area contributed by atoms with Gasteiger partial charge in [-0.05, 0) is 57.1 Å². The molecule has 14 atom stereocenters. The molecule has 600 valence electrons. The number of phosphoric ester groups is 6. The monoisotopic (exact) mass is 1670 g/mol. The van der Waals surface area contributed by atoms with Gasteiger partial charge in [0, 0.05) is 61.5 Å². The highest BCUT2D eigenvalue weighted by atomic mass is 32.2. The molecule has 2 fully saturated rings. The average Bonchev–Trinajstić information content (AvgIpc) is 1.62. The number of imidazole rings is 2. The van der Waals surface area contributed by atoms with Crippen LogP contribution in [0.3, 0.4) is 0 Å². The number of allylic oxidation sites excluding steroid dienone is 1. The molecule has 0 amide bonds. The molecular formula is C54H88N10O34P6S2. The lowest BCUT2D eigenvalue weighted by atomic mass is 9.84. The van der Waals surface area contributed by atoms with Crippen LogP contribution in [0.5, 0.6) is 0 Å². The van der Waals surface area contributed by atoms with E-state index in [9.17, 15) is 116 Å². The molecule has 16 N–H and O–H groups in total. The van der Waals surface area contributed by atoms with Gasteiger partial charge in [0.15, 0.2) is 52.7 Å². The van der Waals surface area contributed by atoms with E-state index in [1.165, 1.54) is 47.6 Å². The van der Waals surface area contributed by atoms with Gasteiger partial charge in [-0.25, -0.2) is 57.3 Å². The second-order valence-electron chi connectivity index (χ2n) is 24.9. The van der Waals surface area contributed by atoms with Gasteiger partial charge in [-0.2, -0.15) is 33.0 Å². The molecule has 52 heteroatoms. The highest BCUT2D eigenvalue weighted by Gasteiger charge is 2.52. The Labute approximate surface area is 614 Å². The molecule has 6 rings (SSSR count). The van der Waals surface area contributed by atoms with Crippen molar-refractivity contribution in [1.82, 2.24) is 39.0 Å². The summed E-state index contributed by atoms with van der Waals surface area (Å²) in [4.78, 5) is 171. The number of carbonyl (C=O) groups is 6. The average molecular weight is 1670 g/mol. The number of fused-ring (bicyclic) bond motifs is 2. The molecule has 4 aromatic heterocycles. The van der Waals surface area contributed by atoms with Crippen molar-refractivity contribution in [2.45, 2.75) is 173 Å². The van der Waals surface area contributed by atoms with Crippen molar-refractivity contribution in [3.05, 3.63) is 38.0 Å². The van der Waals surface area contributed by atoms with Crippen molar-refractivity contribution in [2.24, 2.45) is 10.8 Å². The highest BCUT2D eigenvalue weighted by Crippen LogP contribution is 2.63. The molecule has 0 aliphatic carbocycles. The second-order valence-corrected chi connectivity index (χ2v) is 35.0. The van der Waals surface area contributed by atoms with Crippen molar-refractivity contribution >= 4 is 140 Å². The summed E-state index contributed by atoms with van der Waals surface area (Å²) in [5.41, 5.74) is 8.77. The summed E-state index contributed by atoms with van der Waals surface area (Å²) >= 11 is 5.60. The molecule has 2 aliphatic heterocycles. The first kappa shape index (κ1) is 94.0. The third-order valence-corrected chi connectivity index (χ3v) is 22.6. The first-order valence-electron chi connectivity index (χ1n) is 31.5. The standard InChI is InChI=1S/C27H44N5O17P3S.C23H38N5O16P3S.C4H6O/c1-16(33)9-11-53-10-5-7-17(34)6-4-8-18(35)23(37)27(2,3)13-46-52(43,44)49-51(41,42)45-12-19-22(48-50(38,39)40)21(36)26(47-19)32-15-31-20-24(28)29-14-30-25(20)32;1-23(2,19(32)14(30)7-3-5-13(29)6-4-8-48)10-41-47(38,39)44-46(36,37)40-9-15-18(43-45(33,34)35)17(31)22(42-15)28-12-27-16-20(24)25-11-26-21(16)28;1-3-4(2)5/h14-15,19,21-23,26,36-37H,4-13H2,1-3H3,(H,41,42)(H,43,44)(H2,28,29,30)(H2,38,39,40);11-12,15,17-19,22,31-32,48H,3-10H2,1-2H3,(H,36,37)(H,38,39)(H2,24,25,26)(H2,33,34,35);3H,1H2,2H3/t19-,21-,22-,23+,26-;15-,17-,18-,19+,22-;/m11./s1. The van der Waals surface area contributed by atoms with Gasteiger partial charge in [0.05, 0.1) is 39.1 Å². The van der Waals surface area contributed by atoms with Crippen LogP contribution in [0.15, 0.2) is 38.0 Å². The summed E-state index contributed by atoms with van der Waals surface area (Å²) in [5.74, 6) is 0.516. The van der Waals surface area contributed by atoms with Gasteiger partial charge in [-0.1, -0.05) is 34.3 Å². The first-order valence-corrected chi connectivity index (χ1v) is 42.4. The molecule has 2 saturated heterocycles. The number of phosphoric acid groups is 6. The first-order chi connectivity index (χ1) is 48.9. The van der Waals surface area contributed by atoms with Gasteiger partial charge in [0.25, 0.3) is 0 Å². The van der Waals surface area contributed by atoms with Crippen LogP contribution in [0, 0.1) is 10.8 Å². The van der Waals surface area contributed by atoms with Crippen LogP contribution in [0.4, 0.5) is 11.6 Å². The number of rotatable bonds is 45. The fourth-order valence-corrected chi connectivity index (χ4v) is 16.3. The van der Waals surface area contributed by atoms with Crippen LogP contribution in [0.1, 0.15) is 125 Å². The normalized spacial score (nSPS) is 22.1. The molecular weight excluding hydrogens is 1580 g/mol. The van der Waals surface area contributed by atoms with E-state index in [4.69, 9.17) is 39.0 Å². The van der Waals surface area contributed by atoms with Gasteiger partial charge in [0.2, 0.25) is 0 Å². The summed E-state index contributed by atoms with van der Waals surface area (Å²) in [6, 6.07) is 0.